The average molecular weight is 393 g/mol. The number of hydrogen-bond donors (Lipinski definition) is 1. The lowest BCUT2D eigenvalue weighted by Gasteiger charge is -2.24. The van der Waals surface area contributed by atoms with Crippen molar-refractivity contribution in [2.45, 2.75) is 25.9 Å². The van der Waals surface area contributed by atoms with Crippen molar-refractivity contribution in [1.29, 1.82) is 0 Å². The molecule has 1 heterocycles. The van der Waals surface area contributed by atoms with E-state index in [1.807, 2.05) is 23.1 Å². The van der Waals surface area contributed by atoms with Gasteiger partial charge in [-0.1, -0.05) is 30.3 Å². The van der Waals surface area contributed by atoms with Crippen molar-refractivity contribution >= 4 is 28.5 Å². The van der Waals surface area contributed by atoms with E-state index in [9.17, 15) is 9.90 Å². The Hall–Kier alpha value is -1.56. The van der Waals surface area contributed by atoms with Gasteiger partial charge in [0.15, 0.2) is 0 Å². The minimum absolute atomic E-state index is 0.0220. The van der Waals surface area contributed by atoms with Gasteiger partial charge >= 0.3 is 0 Å². The molecule has 0 aliphatic carbocycles. The van der Waals surface area contributed by atoms with Gasteiger partial charge in [0.1, 0.15) is 5.75 Å². The molecule has 1 aliphatic heterocycles. The number of halogens is 1. The standard InChI is InChI=1S/C17H16INO2/c1-11(9-12-5-3-2-4-6-12)19-10-13-15(20)8-7-14(18)16(13)17(19)21/h2-8,11,20H,9-10H2,1H3. The molecule has 0 bridgehead atoms. The fourth-order valence-electron chi connectivity index (χ4n) is 2.81. The van der Waals surface area contributed by atoms with Crippen molar-refractivity contribution in [1.82, 2.24) is 4.90 Å². The third kappa shape index (κ3) is 2.64. The maximum Gasteiger partial charge on any atom is 0.255 e. The van der Waals surface area contributed by atoms with Crippen molar-refractivity contribution in [3.05, 3.63) is 62.7 Å². The molecular weight excluding hydrogens is 377 g/mol. The molecule has 2 aromatic carbocycles. The predicted octanol–water partition coefficient (Wildman–Crippen LogP) is 3.58. The van der Waals surface area contributed by atoms with E-state index in [0.29, 0.717) is 12.1 Å². The molecule has 1 aliphatic rings. The Bertz CT molecular complexity index is 685. The van der Waals surface area contributed by atoms with E-state index in [1.165, 1.54) is 5.56 Å². The van der Waals surface area contributed by atoms with E-state index in [-0.39, 0.29) is 17.7 Å². The van der Waals surface area contributed by atoms with E-state index in [0.717, 1.165) is 15.6 Å². The van der Waals surface area contributed by atoms with Gasteiger partial charge in [-0.3, -0.25) is 4.79 Å². The zero-order chi connectivity index (χ0) is 15.0. The Kier molecular flexibility index (Phi) is 3.89. The van der Waals surface area contributed by atoms with Crippen LogP contribution in [0.1, 0.15) is 28.4 Å². The quantitative estimate of drug-likeness (QED) is 0.810. The minimum atomic E-state index is 0.0220. The van der Waals surface area contributed by atoms with Gasteiger partial charge in [0.2, 0.25) is 0 Å². The van der Waals surface area contributed by atoms with Crippen molar-refractivity contribution in [2.24, 2.45) is 0 Å². The molecule has 108 valence electrons. The van der Waals surface area contributed by atoms with Crippen LogP contribution in [0.4, 0.5) is 0 Å². The van der Waals surface area contributed by atoms with Gasteiger partial charge in [0, 0.05) is 15.2 Å². The van der Waals surface area contributed by atoms with Gasteiger partial charge in [0.25, 0.3) is 5.91 Å². The number of carbonyl (C=O) groups is 1. The van der Waals surface area contributed by atoms with E-state index < -0.39 is 0 Å². The van der Waals surface area contributed by atoms with Gasteiger partial charge in [-0.2, -0.15) is 0 Å². The Balaban J connectivity index is 1.84. The van der Waals surface area contributed by atoms with E-state index in [2.05, 4.69) is 41.6 Å². The molecule has 1 amide bonds. The first-order valence-electron chi connectivity index (χ1n) is 6.93. The van der Waals surface area contributed by atoms with Gasteiger partial charge in [-0.25, -0.2) is 0 Å². The molecule has 1 unspecified atom stereocenters. The molecule has 1 N–H and O–H groups in total. The topological polar surface area (TPSA) is 40.5 Å². The summed E-state index contributed by atoms with van der Waals surface area (Å²) in [6.07, 6.45) is 0.817. The molecule has 0 aromatic heterocycles. The van der Waals surface area contributed by atoms with Gasteiger partial charge < -0.3 is 10.0 Å². The smallest absolute Gasteiger partial charge is 0.255 e. The third-order valence-corrected chi connectivity index (χ3v) is 4.85. The first-order chi connectivity index (χ1) is 10.1. The third-order valence-electron chi connectivity index (χ3n) is 3.95. The van der Waals surface area contributed by atoms with Crippen LogP contribution in [0.2, 0.25) is 0 Å². The number of phenolic OH excluding ortho intramolecular Hbond substituents is 1. The highest BCUT2D eigenvalue weighted by Gasteiger charge is 2.34. The van der Waals surface area contributed by atoms with Crippen LogP contribution in [0.15, 0.2) is 42.5 Å². The number of carbonyl (C=O) groups excluding carboxylic acids is 1. The Morgan fingerprint density at radius 1 is 1.24 bits per heavy atom. The molecule has 0 saturated carbocycles. The summed E-state index contributed by atoms with van der Waals surface area (Å²) in [6, 6.07) is 13.7. The van der Waals surface area contributed by atoms with E-state index >= 15 is 0 Å². The second-order valence-corrected chi connectivity index (χ2v) is 6.55. The van der Waals surface area contributed by atoms with Crippen LogP contribution < -0.4 is 0 Å². The van der Waals surface area contributed by atoms with Crippen LogP contribution in [0.25, 0.3) is 0 Å². The monoisotopic (exact) mass is 393 g/mol. The molecule has 21 heavy (non-hydrogen) atoms. The van der Waals surface area contributed by atoms with E-state index in [4.69, 9.17) is 0 Å². The number of rotatable bonds is 3. The summed E-state index contributed by atoms with van der Waals surface area (Å²) in [5.41, 5.74) is 2.63. The molecule has 0 fully saturated rings. The van der Waals surface area contributed by atoms with Crippen molar-refractivity contribution in [3.8, 4) is 5.75 Å². The highest BCUT2D eigenvalue weighted by molar-refractivity contribution is 14.1. The lowest BCUT2D eigenvalue weighted by atomic mass is 10.1. The molecule has 3 nitrogen and oxygen atoms in total. The number of phenols is 1. The predicted molar refractivity (Wildman–Crippen MR) is 90.3 cm³/mol. The largest absolute Gasteiger partial charge is 0.508 e. The number of benzene rings is 2. The Morgan fingerprint density at radius 2 is 1.95 bits per heavy atom. The molecule has 2 aromatic rings. The number of fused-ring (bicyclic) bond motifs is 1. The lowest BCUT2D eigenvalue weighted by Crippen LogP contribution is -2.35. The van der Waals surface area contributed by atoms with Gasteiger partial charge in [-0.15, -0.1) is 0 Å². The molecular formula is C17H16INO2. The van der Waals surface area contributed by atoms with Crippen LogP contribution in [0, 0.1) is 3.57 Å². The second-order valence-electron chi connectivity index (χ2n) is 5.39. The van der Waals surface area contributed by atoms with Crippen LogP contribution >= 0.6 is 22.6 Å². The van der Waals surface area contributed by atoms with Crippen molar-refractivity contribution in [3.63, 3.8) is 0 Å². The van der Waals surface area contributed by atoms with Crippen LogP contribution in [-0.4, -0.2) is 22.0 Å². The van der Waals surface area contributed by atoms with Gasteiger partial charge in [-0.05, 0) is 53.6 Å². The number of hydrogen-bond acceptors (Lipinski definition) is 2. The summed E-state index contributed by atoms with van der Waals surface area (Å²) < 4.78 is 0.903. The van der Waals surface area contributed by atoms with Crippen LogP contribution in [0.5, 0.6) is 5.75 Å². The summed E-state index contributed by atoms with van der Waals surface area (Å²) in [4.78, 5) is 14.5. The normalized spacial score (nSPS) is 15.1. The highest BCUT2D eigenvalue weighted by atomic mass is 127. The Morgan fingerprint density at radius 3 is 2.62 bits per heavy atom. The Labute approximate surface area is 137 Å². The first-order valence-corrected chi connectivity index (χ1v) is 8.01. The molecule has 3 rings (SSSR count). The summed E-state index contributed by atoms with van der Waals surface area (Å²) >= 11 is 2.16. The molecule has 0 saturated heterocycles. The zero-order valence-corrected chi connectivity index (χ0v) is 13.9. The fourth-order valence-corrected chi connectivity index (χ4v) is 3.54. The lowest BCUT2D eigenvalue weighted by molar-refractivity contribution is 0.0716. The highest BCUT2D eigenvalue weighted by Crippen LogP contribution is 2.34. The average Bonchev–Trinajstić information content (AvgIpc) is 2.83. The van der Waals surface area contributed by atoms with Crippen molar-refractivity contribution in [2.75, 3.05) is 0 Å². The molecule has 0 spiro atoms. The maximum absolute atomic E-state index is 12.6. The SMILES string of the molecule is CC(Cc1ccccc1)N1Cc2c(O)ccc(I)c2C1=O. The fraction of sp³-hybridized carbons (Fsp3) is 0.235. The summed E-state index contributed by atoms with van der Waals surface area (Å²) in [5.74, 6) is 0.238. The summed E-state index contributed by atoms with van der Waals surface area (Å²) in [6.45, 7) is 2.55. The van der Waals surface area contributed by atoms with Crippen LogP contribution in [0.3, 0.4) is 0 Å². The van der Waals surface area contributed by atoms with E-state index in [1.54, 1.807) is 12.1 Å². The maximum atomic E-state index is 12.6. The molecule has 4 heteroatoms. The molecule has 1 atom stereocenters. The summed E-state index contributed by atoms with van der Waals surface area (Å²) in [5, 5.41) is 9.98. The zero-order valence-electron chi connectivity index (χ0n) is 11.7. The number of aromatic hydroxyl groups is 1. The van der Waals surface area contributed by atoms with Crippen LogP contribution in [-0.2, 0) is 13.0 Å². The number of amides is 1. The second kappa shape index (κ2) is 5.67. The first kappa shape index (κ1) is 14.4. The number of nitrogens with zero attached hydrogens (tertiary/aromatic N) is 1. The minimum Gasteiger partial charge on any atom is -0.508 e. The van der Waals surface area contributed by atoms with Gasteiger partial charge in [0.05, 0.1) is 12.1 Å². The molecule has 0 radical (unpaired) electrons. The summed E-state index contributed by atoms with van der Waals surface area (Å²) in [7, 11) is 0. The van der Waals surface area contributed by atoms with Crippen molar-refractivity contribution < 1.29 is 9.90 Å².